The Morgan fingerprint density at radius 1 is 1.04 bits per heavy atom. The average Bonchev–Trinajstić information content (AvgIpc) is 2.64. The molecule has 1 unspecified atom stereocenters. The summed E-state index contributed by atoms with van der Waals surface area (Å²) in [5, 5.41) is 4.10. The van der Waals surface area contributed by atoms with Gasteiger partial charge in [-0.15, -0.1) is 0 Å². The van der Waals surface area contributed by atoms with E-state index in [1.54, 1.807) is 12.3 Å². The van der Waals surface area contributed by atoms with E-state index in [1.165, 1.54) is 11.8 Å². The zero-order chi connectivity index (χ0) is 17.6. The average molecular weight is 369 g/mol. The number of para-hydroxylation sites is 1. The van der Waals surface area contributed by atoms with Crippen molar-refractivity contribution in [3.63, 3.8) is 0 Å². The summed E-state index contributed by atoms with van der Waals surface area (Å²) in [4.78, 5) is 16.8. The van der Waals surface area contributed by atoms with Gasteiger partial charge in [-0.25, -0.2) is 4.98 Å². The number of nitrogens with zero attached hydrogens (tertiary/aromatic N) is 1. The van der Waals surface area contributed by atoms with Crippen molar-refractivity contribution in [1.29, 1.82) is 0 Å². The number of hydrogen-bond acceptors (Lipinski definition) is 3. The predicted octanol–water partition coefficient (Wildman–Crippen LogP) is 5.52. The molecule has 25 heavy (non-hydrogen) atoms. The van der Waals surface area contributed by atoms with Gasteiger partial charge in [-0.3, -0.25) is 4.79 Å². The largest absolute Gasteiger partial charge is 0.325 e. The molecule has 1 amide bonds. The molecule has 1 atom stereocenters. The number of nitrogens with one attached hydrogen (secondary N) is 1. The molecule has 2 aromatic carbocycles. The summed E-state index contributed by atoms with van der Waals surface area (Å²) in [5.74, 6) is -0.0647. The van der Waals surface area contributed by atoms with Gasteiger partial charge >= 0.3 is 0 Å². The second kappa shape index (κ2) is 8.19. The van der Waals surface area contributed by atoms with Gasteiger partial charge in [0, 0.05) is 17.4 Å². The van der Waals surface area contributed by atoms with Crippen molar-refractivity contribution in [2.45, 2.75) is 17.2 Å². The van der Waals surface area contributed by atoms with Gasteiger partial charge in [0.2, 0.25) is 5.91 Å². The molecule has 0 spiro atoms. The first-order valence-corrected chi connectivity index (χ1v) is 9.13. The van der Waals surface area contributed by atoms with Gasteiger partial charge in [-0.05, 0) is 30.7 Å². The molecule has 3 aromatic rings. The van der Waals surface area contributed by atoms with Crippen molar-refractivity contribution in [3.05, 3.63) is 77.9 Å². The van der Waals surface area contributed by atoms with E-state index in [0.29, 0.717) is 5.02 Å². The van der Waals surface area contributed by atoms with Crippen LogP contribution in [0.4, 0.5) is 5.69 Å². The van der Waals surface area contributed by atoms with Crippen molar-refractivity contribution < 1.29 is 4.79 Å². The Morgan fingerprint density at radius 2 is 1.76 bits per heavy atom. The van der Waals surface area contributed by atoms with E-state index in [-0.39, 0.29) is 11.2 Å². The maximum atomic E-state index is 12.6. The summed E-state index contributed by atoms with van der Waals surface area (Å²) in [6.45, 7) is 1.86. The minimum Gasteiger partial charge on any atom is -0.325 e. The number of amides is 1. The number of benzene rings is 2. The molecular weight excluding hydrogens is 352 g/mol. The highest BCUT2D eigenvalue weighted by atomic mass is 35.5. The molecule has 0 saturated heterocycles. The van der Waals surface area contributed by atoms with Crippen LogP contribution in [0.25, 0.3) is 11.1 Å². The normalized spacial score (nSPS) is 11.8. The number of hydrogen-bond donors (Lipinski definition) is 1. The second-order valence-electron chi connectivity index (χ2n) is 5.48. The fourth-order valence-corrected chi connectivity index (χ4v) is 3.26. The van der Waals surface area contributed by atoms with Crippen LogP contribution in [0.1, 0.15) is 6.92 Å². The van der Waals surface area contributed by atoms with Gasteiger partial charge in [0.15, 0.2) is 0 Å². The number of thioether (sulfide) groups is 1. The molecule has 5 heteroatoms. The number of pyridine rings is 1. The highest BCUT2D eigenvalue weighted by Crippen LogP contribution is 2.29. The van der Waals surface area contributed by atoms with Crippen LogP contribution < -0.4 is 5.32 Å². The summed E-state index contributed by atoms with van der Waals surface area (Å²) in [5.41, 5.74) is 2.87. The third-order valence-corrected chi connectivity index (χ3v) is 4.91. The van der Waals surface area contributed by atoms with Crippen LogP contribution in [-0.4, -0.2) is 16.1 Å². The highest BCUT2D eigenvalue weighted by Gasteiger charge is 2.16. The van der Waals surface area contributed by atoms with Crippen LogP contribution in [0, 0.1) is 0 Å². The number of aromatic nitrogens is 1. The standard InChI is InChI=1S/C20H17ClN2OS/c1-14(25-19-12-11-16(21)13-22-19)20(24)23-18-10-6-5-9-17(18)15-7-3-2-4-8-15/h2-14H,1H3,(H,23,24). The molecule has 1 heterocycles. The Balaban J connectivity index is 1.74. The molecule has 0 aliphatic heterocycles. The smallest absolute Gasteiger partial charge is 0.237 e. The lowest BCUT2D eigenvalue weighted by Crippen LogP contribution is -2.22. The van der Waals surface area contributed by atoms with E-state index in [0.717, 1.165) is 21.8 Å². The van der Waals surface area contributed by atoms with Crippen molar-refractivity contribution in [3.8, 4) is 11.1 Å². The second-order valence-corrected chi connectivity index (χ2v) is 7.27. The number of rotatable bonds is 5. The monoisotopic (exact) mass is 368 g/mol. The van der Waals surface area contributed by atoms with Crippen LogP contribution in [-0.2, 0) is 4.79 Å². The van der Waals surface area contributed by atoms with E-state index >= 15 is 0 Å². The third-order valence-electron chi connectivity index (χ3n) is 3.64. The third kappa shape index (κ3) is 4.62. The lowest BCUT2D eigenvalue weighted by atomic mass is 10.0. The van der Waals surface area contributed by atoms with Gasteiger partial charge < -0.3 is 5.32 Å². The highest BCUT2D eigenvalue weighted by molar-refractivity contribution is 8.00. The summed E-state index contributed by atoms with van der Waals surface area (Å²) in [7, 11) is 0. The van der Waals surface area contributed by atoms with E-state index in [9.17, 15) is 4.79 Å². The first kappa shape index (κ1) is 17.5. The topological polar surface area (TPSA) is 42.0 Å². The Hall–Kier alpha value is -2.30. The minimum atomic E-state index is -0.280. The Morgan fingerprint density at radius 3 is 2.48 bits per heavy atom. The number of carbonyl (C=O) groups is 1. The molecule has 0 radical (unpaired) electrons. The maximum Gasteiger partial charge on any atom is 0.237 e. The van der Waals surface area contributed by atoms with Gasteiger partial charge in [0.25, 0.3) is 0 Å². The van der Waals surface area contributed by atoms with Crippen molar-refractivity contribution in [1.82, 2.24) is 4.98 Å². The van der Waals surface area contributed by atoms with E-state index in [4.69, 9.17) is 11.6 Å². The van der Waals surface area contributed by atoms with E-state index in [2.05, 4.69) is 10.3 Å². The van der Waals surface area contributed by atoms with Crippen LogP contribution >= 0.6 is 23.4 Å². The summed E-state index contributed by atoms with van der Waals surface area (Å²) in [6.07, 6.45) is 1.58. The quantitative estimate of drug-likeness (QED) is 0.603. The van der Waals surface area contributed by atoms with Gasteiger partial charge in [0.1, 0.15) is 0 Å². The lowest BCUT2D eigenvalue weighted by molar-refractivity contribution is -0.115. The first-order chi connectivity index (χ1) is 12.1. The first-order valence-electron chi connectivity index (χ1n) is 7.87. The minimum absolute atomic E-state index is 0.0647. The molecular formula is C20H17ClN2OS. The van der Waals surface area contributed by atoms with Crippen molar-refractivity contribution >= 4 is 35.0 Å². The van der Waals surface area contributed by atoms with Crippen LogP contribution in [0.15, 0.2) is 78.0 Å². The molecule has 0 aliphatic rings. The fourth-order valence-electron chi connectivity index (χ4n) is 2.36. The van der Waals surface area contributed by atoms with Crippen LogP contribution in [0.2, 0.25) is 5.02 Å². The molecule has 126 valence electrons. The van der Waals surface area contributed by atoms with Gasteiger partial charge in [0.05, 0.1) is 15.3 Å². The zero-order valence-corrected chi connectivity index (χ0v) is 15.2. The SMILES string of the molecule is CC(Sc1ccc(Cl)cn1)C(=O)Nc1ccccc1-c1ccccc1. The van der Waals surface area contributed by atoms with E-state index in [1.807, 2.05) is 67.6 Å². The molecule has 0 bridgehead atoms. The number of anilines is 1. The Labute approximate surface area is 156 Å². The molecule has 3 nitrogen and oxygen atoms in total. The summed E-state index contributed by atoms with van der Waals surface area (Å²) < 4.78 is 0. The summed E-state index contributed by atoms with van der Waals surface area (Å²) >= 11 is 7.24. The zero-order valence-electron chi connectivity index (χ0n) is 13.6. The van der Waals surface area contributed by atoms with Gasteiger partial charge in [-0.2, -0.15) is 0 Å². The Bertz CT molecular complexity index is 853. The van der Waals surface area contributed by atoms with Gasteiger partial charge in [-0.1, -0.05) is 71.9 Å². The molecule has 1 aromatic heterocycles. The predicted molar refractivity (Wildman–Crippen MR) is 105 cm³/mol. The molecule has 0 aliphatic carbocycles. The lowest BCUT2D eigenvalue weighted by Gasteiger charge is -2.14. The maximum absolute atomic E-state index is 12.6. The summed E-state index contributed by atoms with van der Waals surface area (Å²) in [6, 6.07) is 21.4. The van der Waals surface area contributed by atoms with Crippen LogP contribution in [0.5, 0.6) is 0 Å². The molecule has 0 fully saturated rings. The Kier molecular flexibility index (Phi) is 5.74. The number of carbonyl (C=O) groups excluding carboxylic acids is 1. The number of halogens is 1. The molecule has 0 saturated carbocycles. The van der Waals surface area contributed by atoms with Crippen LogP contribution in [0.3, 0.4) is 0 Å². The van der Waals surface area contributed by atoms with E-state index < -0.39 is 0 Å². The molecule has 3 rings (SSSR count). The molecule has 1 N–H and O–H groups in total. The fraction of sp³-hybridized carbons (Fsp3) is 0.100. The van der Waals surface area contributed by atoms with Crippen molar-refractivity contribution in [2.24, 2.45) is 0 Å². The van der Waals surface area contributed by atoms with Crippen molar-refractivity contribution in [2.75, 3.05) is 5.32 Å².